The molecule has 0 amide bonds. The summed E-state index contributed by atoms with van der Waals surface area (Å²) in [4.78, 5) is 11.4. The van der Waals surface area contributed by atoms with Gasteiger partial charge in [0.1, 0.15) is 5.82 Å². The van der Waals surface area contributed by atoms with Gasteiger partial charge in [-0.25, -0.2) is 4.98 Å². The molecule has 0 spiro atoms. The number of nitrogens with zero attached hydrogens (tertiary/aromatic N) is 3. The standard InChI is InChI=1S/C20H35N5.HI/c1-5-17(6-2)13-23-20(21-4)24-15-18-7-8-19(22-14-18)25-11-9-16(3)10-12-25;/h7-8,14,16-17H,5-6,9-13,15H2,1-4H3,(H2,21,23,24);1H. The molecule has 1 fully saturated rings. The molecule has 0 atom stereocenters. The van der Waals surface area contributed by atoms with Gasteiger partial charge in [-0.3, -0.25) is 4.99 Å². The SMILES string of the molecule is CCC(CC)CNC(=NC)NCc1ccc(N2CCC(C)CC2)nc1.I. The Morgan fingerprint density at radius 2 is 1.92 bits per heavy atom. The summed E-state index contributed by atoms with van der Waals surface area (Å²) in [6.45, 7) is 10.8. The number of halogens is 1. The van der Waals surface area contributed by atoms with Crippen LogP contribution in [-0.2, 0) is 6.54 Å². The van der Waals surface area contributed by atoms with Gasteiger partial charge in [-0.1, -0.05) is 39.7 Å². The van der Waals surface area contributed by atoms with Gasteiger partial charge in [0, 0.05) is 39.4 Å². The lowest BCUT2D eigenvalue weighted by atomic mass is 9.99. The first kappa shape index (κ1) is 23.0. The molecule has 1 aliphatic heterocycles. The Hall–Kier alpha value is -1.05. The minimum atomic E-state index is 0. The minimum absolute atomic E-state index is 0. The maximum absolute atomic E-state index is 4.66. The molecule has 0 radical (unpaired) electrons. The summed E-state index contributed by atoms with van der Waals surface area (Å²) in [7, 11) is 1.82. The first-order valence-electron chi connectivity index (χ1n) is 9.80. The molecule has 0 aromatic carbocycles. The number of piperidine rings is 1. The van der Waals surface area contributed by atoms with E-state index in [2.05, 4.69) is 58.4 Å². The van der Waals surface area contributed by atoms with Gasteiger partial charge in [0.25, 0.3) is 0 Å². The molecule has 2 rings (SSSR count). The molecular formula is C20H36IN5. The second-order valence-corrected chi connectivity index (χ2v) is 7.18. The topological polar surface area (TPSA) is 52.6 Å². The third kappa shape index (κ3) is 7.29. The normalized spacial score (nSPS) is 15.7. The number of anilines is 1. The van der Waals surface area contributed by atoms with Crippen molar-refractivity contribution in [3.05, 3.63) is 23.9 Å². The van der Waals surface area contributed by atoms with Crippen molar-refractivity contribution >= 4 is 35.8 Å². The van der Waals surface area contributed by atoms with Crippen LogP contribution >= 0.6 is 24.0 Å². The highest BCUT2D eigenvalue weighted by atomic mass is 127. The average Bonchev–Trinajstić information content (AvgIpc) is 2.66. The molecular weight excluding hydrogens is 437 g/mol. The van der Waals surface area contributed by atoms with Crippen molar-refractivity contribution in [1.82, 2.24) is 15.6 Å². The van der Waals surface area contributed by atoms with E-state index in [4.69, 9.17) is 0 Å². The van der Waals surface area contributed by atoms with Gasteiger partial charge >= 0.3 is 0 Å². The summed E-state index contributed by atoms with van der Waals surface area (Å²) in [6, 6.07) is 4.31. The summed E-state index contributed by atoms with van der Waals surface area (Å²) in [5.74, 6) is 3.51. The fraction of sp³-hybridized carbons (Fsp3) is 0.700. The predicted octanol–water partition coefficient (Wildman–Crippen LogP) is 4.04. The molecule has 0 aliphatic carbocycles. The first-order valence-corrected chi connectivity index (χ1v) is 9.80. The molecule has 2 N–H and O–H groups in total. The maximum Gasteiger partial charge on any atom is 0.191 e. The van der Waals surface area contributed by atoms with E-state index in [9.17, 15) is 0 Å². The summed E-state index contributed by atoms with van der Waals surface area (Å²) in [5.41, 5.74) is 1.18. The lowest BCUT2D eigenvalue weighted by Crippen LogP contribution is -2.39. The Balaban J connectivity index is 0.00000338. The Kier molecular flexibility index (Phi) is 10.9. The molecule has 1 aliphatic rings. The lowest BCUT2D eigenvalue weighted by molar-refractivity contribution is 0.436. The molecule has 1 aromatic heterocycles. The van der Waals surface area contributed by atoms with Gasteiger partial charge in [0.05, 0.1) is 0 Å². The van der Waals surface area contributed by atoms with Crippen molar-refractivity contribution in [3.8, 4) is 0 Å². The second-order valence-electron chi connectivity index (χ2n) is 7.18. The van der Waals surface area contributed by atoms with Gasteiger partial charge in [0.15, 0.2) is 5.96 Å². The summed E-state index contributed by atoms with van der Waals surface area (Å²) in [6.07, 6.45) is 6.91. The maximum atomic E-state index is 4.66. The van der Waals surface area contributed by atoms with E-state index in [1.54, 1.807) is 0 Å². The molecule has 1 aromatic rings. The zero-order valence-electron chi connectivity index (χ0n) is 16.8. The Labute approximate surface area is 176 Å². The molecule has 1 saturated heterocycles. The summed E-state index contributed by atoms with van der Waals surface area (Å²) in [5, 5.41) is 6.80. The van der Waals surface area contributed by atoms with E-state index in [1.807, 2.05) is 13.2 Å². The highest BCUT2D eigenvalue weighted by molar-refractivity contribution is 14.0. The van der Waals surface area contributed by atoms with Crippen molar-refractivity contribution in [3.63, 3.8) is 0 Å². The van der Waals surface area contributed by atoms with Crippen LogP contribution in [-0.4, -0.2) is 37.6 Å². The smallest absolute Gasteiger partial charge is 0.191 e. The van der Waals surface area contributed by atoms with Crippen LogP contribution < -0.4 is 15.5 Å². The Morgan fingerprint density at radius 1 is 1.23 bits per heavy atom. The van der Waals surface area contributed by atoms with Crippen LogP contribution in [0.2, 0.25) is 0 Å². The molecule has 0 bridgehead atoms. The van der Waals surface area contributed by atoms with Gasteiger partial charge in [-0.15, -0.1) is 24.0 Å². The molecule has 0 saturated carbocycles. The number of aliphatic imine (C=N–C) groups is 1. The van der Waals surface area contributed by atoms with E-state index >= 15 is 0 Å². The number of guanidine groups is 1. The van der Waals surface area contributed by atoms with Crippen LogP contribution in [0.3, 0.4) is 0 Å². The van der Waals surface area contributed by atoms with Gasteiger partial charge in [-0.2, -0.15) is 0 Å². The molecule has 6 heteroatoms. The van der Waals surface area contributed by atoms with Crippen LogP contribution in [0.15, 0.2) is 23.3 Å². The van der Waals surface area contributed by atoms with Gasteiger partial charge < -0.3 is 15.5 Å². The van der Waals surface area contributed by atoms with Crippen molar-refractivity contribution in [1.29, 1.82) is 0 Å². The van der Waals surface area contributed by atoms with Crippen molar-refractivity contribution < 1.29 is 0 Å². The van der Waals surface area contributed by atoms with Crippen LogP contribution in [0.1, 0.15) is 52.0 Å². The Morgan fingerprint density at radius 3 is 2.46 bits per heavy atom. The largest absolute Gasteiger partial charge is 0.357 e. The lowest BCUT2D eigenvalue weighted by Gasteiger charge is -2.31. The number of pyridine rings is 1. The number of aromatic nitrogens is 1. The molecule has 26 heavy (non-hydrogen) atoms. The first-order chi connectivity index (χ1) is 12.2. The highest BCUT2D eigenvalue weighted by Gasteiger charge is 2.16. The van der Waals surface area contributed by atoms with Crippen molar-refractivity contribution in [2.24, 2.45) is 16.8 Å². The quantitative estimate of drug-likeness (QED) is 0.357. The minimum Gasteiger partial charge on any atom is -0.357 e. The second kappa shape index (κ2) is 12.4. The van der Waals surface area contributed by atoms with Crippen LogP contribution in [0, 0.1) is 11.8 Å². The molecule has 5 nitrogen and oxygen atoms in total. The zero-order valence-corrected chi connectivity index (χ0v) is 19.1. The van der Waals surface area contributed by atoms with Crippen LogP contribution in [0.4, 0.5) is 5.82 Å². The monoisotopic (exact) mass is 473 g/mol. The Bertz CT molecular complexity index is 520. The van der Waals surface area contributed by atoms with E-state index in [1.165, 1.54) is 31.2 Å². The van der Waals surface area contributed by atoms with Gasteiger partial charge in [-0.05, 0) is 36.3 Å². The van der Waals surface area contributed by atoms with Crippen molar-refractivity contribution in [2.75, 3.05) is 31.6 Å². The number of nitrogens with one attached hydrogen (secondary N) is 2. The van der Waals surface area contributed by atoms with Crippen LogP contribution in [0.25, 0.3) is 0 Å². The molecule has 0 unspecified atom stereocenters. The number of hydrogen-bond donors (Lipinski definition) is 2. The van der Waals surface area contributed by atoms with Crippen LogP contribution in [0.5, 0.6) is 0 Å². The predicted molar refractivity (Wildman–Crippen MR) is 123 cm³/mol. The molecule has 148 valence electrons. The van der Waals surface area contributed by atoms with E-state index in [0.717, 1.165) is 43.9 Å². The van der Waals surface area contributed by atoms with E-state index in [0.29, 0.717) is 5.92 Å². The third-order valence-corrected chi connectivity index (χ3v) is 5.31. The fourth-order valence-electron chi connectivity index (χ4n) is 3.17. The zero-order chi connectivity index (χ0) is 18.1. The summed E-state index contributed by atoms with van der Waals surface area (Å²) >= 11 is 0. The number of rotatable bonds is 7. The van der Waals surface area contributed by atoms with Crippen molar-refractivity contribution in [2.45, 2.75) is 53.0 Å². The fourth-order valence-corrected chi connectivity index (χ4v) is 3.17. The average molecular weight is 473 g/mol. The summed E-state index contributed by atoms with van der Waals surface area (Å²) < 4.78 is 0. The van der Waals surface area contributed by atoms with E-state index in [-0.39, 0.29) is 24.0 Å². The molecule has 2 heterocycles. The third-order valence-electron chi connectivity index (χ3n) is 5.31. The van der Waals surface area contributed by atoms with E-state index < -0.39 is 0 Å². The highest BCUT2D eigenvalue weighted by Crippen LogP contribution is 2.21. The number of hydrogen-bond acceptors (Lipinski definition) is 3. The van der Waals surface area contributed by atoms with Gasteiger partial charge in [0.2, 0.25) is 0 Å².